The van der Waals surface area contributed by atoms with E-state index < -0.39 is 0 Å². The van der Waals surface area contributed by atoms with E-state index in [1.165, 1.54) is 3.57 Å². The third kappa shape index (κ3) is 1.98. The van der Waals surface area contributed by atoms with Gasteiger partial charge in [0.1, 0.15) is 11.9 Å². The molecule has 1 aromatic carbocycles. The summed E-state index contributed by atoms with van der Waals surface area (Å²) >= 11 is 8.21. The molecule has 1 fully saturated rings. The number of hydrogen-bond acceptors (Lipinski definition) is 2. The largest absolute Gasteiger partial charge is 0.489 e. The Morgan fingerprint density at radius 1 is 1.38 bits per heavy atom. The lowest BCUT2D eigenvalue weighted by Gasteiger charge is -2.06. The SMILES string of the molecule is ClC1CC1Oc1ccc2c(I)ccnc2c1. The van der Waals surface area contributed by atoms with Crippen LogP contribution in [-0.2, 0) is 0 Å². The zero-order chi connectivity index (χ0) is 11.1. The lowest BCUT2D eigenvalue weighted by molar-refractivity contribution is 0.304. The summed E-state index contributed by atoms with van der Waals surface area (Å²) in [6.45, 7) is 0. The maximum absolute atomic E-state index is 5.90. The number of pyridine rings is 1. The monoisotopic (exact) mass is 345 g/mol. The Labute approximate surface area is 112 Å². The van der Waals surface area contributed by atoms with Crippen molar-refractivity contribution in [2.75, 3.05) is 0 Å². The van der Waals surface area contributed by atoms with Crippen LogP contribution >= 0.6 is 34.2 Å². The first-order valence-electron chi connectivity index (χ1n) is 5.09. The van der Waals surface area contributed by atoms with Gasteiger partial charge in [-0.05, 0) is 40.8 Å². The van der Waals surface area contributed by atoms with E-state index in [1.54, 1.807) is 0 Å². The standard InChI is InChI=1S/C12H9ClINO/c13-9-6-12(9)16-7-1-2-8-10(14)3-4-15-11(8)5-7/h1-5,9,12H,6H2. The number of fused-ring (bicyclic) bond motifs is 1. The fourth-order valence-electron chi connectivity index (χ4n) is 1.61. The Morgan fingerprint density at radius 2 is 2.19 bits per heavy atom. The van der Waals surface area contributed by atoms with Gasteiger partial charge in [-0.15, -0.1) is 11.6 Å². The van der Waals surface area contributed by atoms with Crippen LogP contribution in [0.2, 0.25) is 0 Å². The first kappa shape index (κ1) is 10.6. The molecule has 0 saturated heterocycles. The predicted molar refractivity (Wildman–Crippen MR) is 73.1 cm³/mol. The van der Waals surface area contributed by atoms with Crippen molar-refractivity contribution < 1.29 is 4.74 Å². The van der Waals surface area contributed by atoms with Crippen molar-refractivity contribution in [1.29, 1.82) is 0 Å². The van der Waals surface area contributed by atoms with E-state index in [-0.39, 0.29) is 11.5 Å². The summed E-state index contributed by atoms with van der Waals surface area (Å²) in [5.41, 5.74) is 0.969. The van der Waals surface area contributed by atoms with Crippen LogP contribution < -0.4 is 4.74 Å². The minimum Gasteiger partial charge on any atom is -0.489 e. The minimum absolute atomic E-state index is 0.180. The molecule has 1 saturated carbocycles. The lowest BCUT2D eigenvalue weighted by Crippen LogP contribution is -1.99. The first-order chi connectivity index (χ1) is 7.74. The Morgan fingerprint density at radius 3 is 2.94 bits per heavy atom. The molecule has 0 spiro atoms. The Balaban J connectivity index is 1.96. The molecule has 3 rings (SSSR count). The summed E-state index contributed by atoms with van der Waals surface area (Å²) in [7, 11) is 0. The number of benzene rings is 1. The van der Waals surface area contributed by atoms with E-state index in [0.29, 0.717) is 0 Å². The van der Waals surface area contributed by atoms with Crippen molar-refractivity contribution in [3.63, 3.8) is 0 Å². The van der Waals surface area contributed by atoms with Crippen LogP contribution in [0.5, 0.6) is 5.75 Å². The second-order valence-electron chi connectivity index (χ2n) is 3.88. The molecule has 0 radical (unpaired) electrons. The molecule has 0 amide bonds. The van der Waals surface area contributed by atoms with Crippen LogP contribution in [0.4, 0.5) is 0 Å². The number of ether oxygens (including phenoxy) is 1. The molecule has 0 bridgehead atoms. The summed E-state index contributed by atoms with van der Waals surface area (Å²) in [5, 5.41) is 1.34. The molecule has 1 heterocycles. The summed E-state index contributed by atoms with van der Waals surface area (Å²) in [5.74, 6) is 0.857. The highest BCUT2D eigenvalue weighted by Gasteiger charge is 2.37. The highest BCUT2D eigenvalue weighted by molar-refractivity contribution is 14.1. The molecule has 1 aliphatic rings. The van der Waals surface area contributed by atoms with E-state index in [1.807, 2.05) is 30.5 Å². The van der Waals surface area contributed by atoms with Crippen LogP contribution in [0.1, 0.15) is 6.42 Å². The second-order valence-corrected chi connectivity index (χ2v) is 5.60. The first-order valence-corrected chi connectivity index (χ1v) is 6.60. The fraction of sp³-hybridized carbons (Fsp3) is 0.250. The second kappa shape index (κ2) is 4.04. The quantitative estimate of drug-likeness (QED) is 0.613. The maximum Gasteiger partial charge on any atom is 0.121 e. The van der Waals surface area contributed by atoms with Gasteiger partial charge in [-0.2, -0.15) is 0 Å². The summed E-state index contributed by atoms with van der Waals surface area (Å²) in [6, 6.07) is 8.00. The van der Waals surface area contributed by atoms with Gasteiger partial charge < -0.3 is 4.74 Å². The molecule has 2 aromatic rings. The molecular formula is C12H9ClINO. The Bertz CT molecular complexity index is 546. The molecule has 4 heteroatoms. The van der Waals surface area contributed by atoms with Crippen LogP contribution in [-0.4, -0.2) is 16.5 Å². The average molecular weight is 346 g/mol. The molecule has 16 heavy (non-hydrogen) atoms. The average Bonchev–Trinajstić information content (AvgIpc) is 2.94. The number of hydrogen-bond donors (Lipinski definition) is 0. The van der Waals surface area contributed by atoms with Crippen LogP contribution in [0.3, 0.4) is 0 Å². The highest BCUT2D eigenvalue weighted by atomic mass is 127. The van der Waals surface area contributed by atoms with E-state index in [9.17, 15) is 0 Å². The number of halogens is 2. The molecule has 2 unspecified atom stereocenters. The zero-order valence-electron chi connectivity index (χ0n) is 8.36. The van der Waals surface area contributed by atoms with Crippen molar-refractivity contribution in [2.24, 2.45) is 0 Å². The van der Waals surface area contributed by atoms with Crippen LogP contribution in [0.25, 0.3) is 10.9 Å². The summed E-state index contributed by atoms with van der Waals surface area (Å²) in [4.78, 5) is 4.33. The predicted octanol–water partition coefficient (Wildman–Crippen LogP) is 3.60. The van der Waals surface area contributed by atoms with Gasteiger partial charge in [-0.1, -0.05) is 0 Å². The van der Waals surface area contributed by atoms with Gasteiger partial charge in [0, 0.05) is 27.6 Å². The molecule has 1 aliphatic carbocycles. The van der Waals surface area contributed by atoms with Gasteiger partial charge in [-0.25, -0.2) is 0 Å². The molecule has 1 aromatic heterocycles. The topological polar surface area (TPSA) is 22.1 Å². The number of alkyl halides is 1. The zero-order valence-corrected chi connectivity index (χ0v) is 11.3. The van der Waals surface area contributed by atoms with Gasteiger partial charge in [0.2, 0.25) is 0 Å². The normalized spacial score (nSPS) is 23.4. The van der Waals surface area contributed by atoms with Gasteiger partial charge in [0.25, 0.3) is 0 Å². The Kier molecular flexibility index (Phi) is 2.67. The number of rotatable bonds is 2. The van der Waals surface area contributed by atoms with Gasteiger partial charge in [0.15, 0.2) is 0 Å². The van der Waals surface area contributed by atoms with Crippen molar-refractivity contribution >= 4 is 45.1 Å². The molecule has 2 atom stereocenters. The van der Waals surface area contributed by atoms with Crippen molar-refractivity contribution in [3.8, 4) is 5.75 Å². The fourth-order valence-corrected chi connectivity index (χ4v) is 2.45. The van der Waals surface area contributed by atoms with Gasteiger partial charge in [0.05, 0.1) is 10.9 Å². The van der Waals surface area contributed by atoms with E-state index in [2.05, 4.69) is 27.6 Å². The molecular weight excluding hydrogens is 336 g/mol. The molecule has 2 nitrogen and oxygen atoms in total. The maximum atomic E-state index is 5.90. The van der Waals surface area contributed by atoms with E-state index in [4.69, 9.17) is 16.3 Å². The Hall–Kier alpha value is -0.550. The molecule has 0 aliphatic heterocycles. The van der Waals surface area contributed by atoms with Crippen LogP contribution in [0.15, 0.2) is 30.5 Å². The third-order valence-corrected chi connectivity index (χ3v) is 4.01. The van der Waals surface area contributed by atoms with Gasteiger partial charge >= 0.3 is 0 Å². The number of aromatic nitrogens is 1. The van der Waals surface area contributed by atoms with Crippen molar-refractivity contribution in [3.05, 3.63) is 34.0 Å². The van der Waals surface area contributed by atoms with E-state index in [0.717, 1.165) is 23.1 Å². The lowest BCUT2D eigenvalue weighted by atomic mass is 10.2. The minimum atomic E-state index is 0.180. The van der Waals surface area contributed by atoms with Crippen molar-refractivity contribution in [2.45, 2.75) is 17.9 Å². The summed E-state index contributed by atoms with van der Waals surface area (Å²) < 4.78 is 6.92. The van der Waals surface area contributed by atoms with Crippen LogP contribution in [0, 0.1) is 3.57 Å². The summed E-state index contributed by atoms with van der Waals surface area (Å²) in [6.07, 6.45) is 2.94. The number of nitrogens with zero attached hydrogens (tertiary/aromatic N) is 1. The molecule has 0 N–H and O–H groups in total. The third-order valence-electron chi connectivity index (χ3n) is 2.61. The molecule has 82 valence electrons. The smallest absolute Gasteiger partial charge is 0.121 e. The van der Waals surface area contributed by atoms with Crippen molar-refractivity contribution in [1.82, 2.24) is 4.98 Å². The van der Waals surface area contributed by atoms with E-state index >= 15 is 0 Å². The van der Waals surface area contributed by atoms with Gasteiger partial charge in [-0.3, -0.25) is 4.98 Å². The highest BCUT2D eigenvalue weighted by Crippen LogP contribution is 2.33.